The Labute approximate surface area is 170 Å². The van der Waals surface area contributed by atoms with Crippen LogP contribution in [0.2, 0.25) is 0 Å². The summed E-state index contributed by atoms with van der Waals surface area (Å²) in [5.74, 6) is -2.80. The van der Waals surface area contributed by atoms with Crippen LogP contribution in [0.25, 0.3) is 0 Å². The van der Waals surface area contributed by atoms with Crippen LogP contribution in [0, 0.1) is 25.5 Å². The molecule has 1 heterocycles. The lowest BCUT2D eigenvalue weighted by molar-refractivity contribution is -0.115. The van der Waals surface area contributed by atoms with Crippen LogP contribution in [0.15, 0.2) is 41.8 Å². The van der Waals surface area contributed by atoms with Crippen molar-refractivity contribution in [3.05, 3.63) is 75.8 Å². The Bertz CT molecular complexity index is 1060. The minimum atomic E-state index is -0.865. The summed E-state index contributed by atoms with van der Waals surface area (Å²) in [6, 6.07) is 8.13. The number of carbonyl (C=O) groups is 2. The minimum Gasteiger partial charge on any atom is -0.456 e. The van der Waals surface area contributed by atoms with Gasteiger partial charge in [0, 0.05) is 18.4 Å². The van der Waals surface area contributed by atoms with Crippen LogP contribution in [0.3, 0.4) is 0 Å². The molecule has 0 N–H and O–H groups in total. The van der Waals surface area contributed by atoms with E-state index in [9.17, 15) is 18.4 Å². The Balaban J connectivity index is 1.75. The fraction of sp³-hybridized carbons (Fsp3) is 0.190. The lowest BCUT2D eigenvalue weighted by Crippen LogP contribution is -2.22. The van der Waals surface area contributed by atoms with Gasteiger partial charge in [0.25, 0.3) is 0 Å². The first-order chi connectivity index (χ1) is 13.7. The number of aromatic nitrogens is 1. The van der Waals surface area contributed by atoms with Crippen LogP contribution in [0.5, 0.6) is 0 Å². The molecule has 0 aliphatic rings. The SMILES string of the molecule is CC(=O)N(c1ccc(C)c(C)c1)c1nc(COC(=O)c2cc(F)cc(F)c2)cs1. The highest BCUT2D eigenvalue weighted by Crippen LogP contribution is 2.30. The molecule has 150 valence electrons. The van der Waals surface area contributed by atoms with E-state index in [1.165, 1.54) is 23.2 Å². The van der Waals surface area contributed by atoms with Gasteiger partial charge in [-0.25, -0.2) is 18.6 Å². The zero-order chi connectivity index (χ0) is 21.1. The second kappa shape index (κ2) is 8.48. The van der Waals surface area contributed by atoms with Crippen molar-refractivity contribution >= 4 is 34.0 Å². The number of aryl methyl sites for hydroxylation is 2. The summed E-state index contributed by atoms with van der Waals surface area (Å²) in [5.41, 5.74) is 3.04. The summed E-state index contributed by atoms with van der Waals surface area (Å²) in [6.07, 6.45) is 0. The van der Waals surface area contributed by atoms with Gasteiger partial charge in [-0.2, -0.15) is 0 Å². The molecule has 0 saturated carbocycles. The zero-order valence-corrected chi connectivity index (χ0v) is 16.8. The van der Waals surface area contributed by atoms with Crippen molar-refractivity contribution in [2.45, 2.75) is 27.4 Å². The largest absolute Gasteiger partial charge is 0.456 e. The zero-order valence-electron chi connectivity index (χ0n) is 16.0. The molecule has 0 saturated heterocycles. The number of halogens is 2. The highest BCUT2D eigenvalue weighted by molar-refractivity contribution is 7.14. The van der Waals surface area contributed by atoms with Gasteiger partial charge in [-0.1, -0.05) is 6.07 Å². The van der Waals surface area contributed by atoms with Crippen molar-refractivity contribution in [2.75, 3.05) is 4.90 Å². The molecule has 0 bridgehead atoms. The van der Waals surface area contributed by atoms with Crippen LogP contribution < -0.4 is 4.90 Å². The van der Waals surface area contributed by atoms with E-state index in [-0.39, 0.29) is 18.1 Å². The number of rotatable bonds is 5. The van der Waals surface area contributed by atoms with E-state index >= 15 is 0 Å². The summed E-state index contributed by atoms with van der Waals surface area (Å²) in [5, 5.41) is 2.09. The number of hydrogen-bond donors (Lipinski definition) is 0. The van der Waals surface area contributed by atoms with Gasteiger partial charge in [-0.15, -0.1) is 11.3 Å². The van der Waals surface area contributed by atoms with Gasteiger partial charge >= 0.3 is 5.97 Å². The van der Waals surface area contributed by atoms with Gasteiger partial charge in [0.2, 0.25) is 5.91 Å². The third-order valence-electron chi connectivity index (χ3n) is 4.24. The molecule has 0 radical (unpaired) electrons. The number of amides is 1. The monoisotopic (exact) mass is 416 g/mol. The molecule has 0 aliphatic heterocycles. The van der Waals surface area contributed by atoms with Crippen molar-refractivity contribution in [3.63, 3.8) is 0 Å². The molecule has 0 aliphatic carbocycles. The molecule has 2 aromatic carbocycles. The van der Waals surface area contributed by atoms with Gasteiger partial charge in [0.15, 0.2) is 5.13 Å². The van der Waals surface area contributed by atoms with Crippen molar-refractivity contribution in [3.8, 4) is 0 Å². The topological polar surface area (TPSA) is 59.5 Å². The number of carbonyl (C=O) groups excluding carboxylic acids is 2. The molecule has 8 heteroatoms. The summed E-state index contributed by atoms with van der Waals surface area (Å²) in [6.45, 7) is 5.19. The van der Waals surface area contributed by atoms with E-state index in [0.29, 0.717) is 22.6 Å². The van der Waals surface area contributed by atoms with Gasteiger partial charge in [0.05, 0.1) is 16.9 Å². The van der Waals surface area contributed by atoms with E-state index in [4.69, 9.17) is 4.74 Å². The Morgan fingerprint density at radius 2 is 1.76 bits per heavy atom. The number of anilines is 2. The van der Waals surface area contributed by atoms with E-state index < -0.39 is 17.6 Å². The quantitative estimate of drug-likeness (QED) is 0.544. The standard InChI is InChI=1S/C21H18F2N2O3S/c1-12-4-5-19(6-13(12)2)25(14(3)26)21-24-18(11-29-21)10-28-20(27)15-7-16(22)9-17(23)8-15/h4-9,11H,10H2,1-3H3. The fourth-order valence-corrected chi connectivity index (χ4v) is 3.52. The van der Waals surface area contributed by atoms with E-state index in [2.05, 4.69) is 4.98 Å². The van der Waals surface area contributed by atoms with Crippen molar-refractivity contribution in [1.82, 2.24) is 4.98 Å². The molecule has 0 fully saturated rings. The van der Waals surface area contributed by atoms with Crippen molar-refractivity contribution in [2.24, 2.45) is 0 Å². The predicted octanol–water partition coefficient (Wildman–Crippen LogP) is 5.08. The average molecular weight is 416 g/mol. The Morgan fingerprint density at radius 3 is 2.38 bits per heavy atom. The Kier molecular flexibility index (Phi) is 6.03. The van der Waals surface area contributed by atoms with Gasteiger partial charge in [-0.3, -0.25) is 9.69 Å². The fourth-order valence-electron chi connectivity index (χ4n) is 2.65. The number of hydrogen-bond acceptors (Lipinski definition) is 5. The highest BCUT2D eigenvalue weighted by Gasteiger charge is 2.19. The number of ether oxygens (including phenoxy) is 1. The second-order valence-corrected chi connectivity index (χ2v) is 7.32. The molecule has 3 rings (SSSR count). The summed E-state index contributed by atoms with van der Waals surface area (Å²) in [4.78, 5) is 30.1. The predicted molar refractivity (Wildman–Crippen MR) is 106 cm³/mol. The number of nitrogens with zero attached hydrogens (tertiary/aromatic N) is 2. The lowest BCUT2D eigenvalue weighted by Gasteiger charge is -2.19. The minimum absolute atomic E-state index is 0.188. The summed E-state index contributed by atoms with van der Waals surface area (Å²) < 4.78 is 31.6. The molecule has 1 aromatic heterocycles. The third kappa shape index (κ3) is 4.83. The van der Waals surface area contributed by atoms with E-state index in [1.54, 1.807) is 5.38 Å². The third-order valence-corrected chi connectivity index (χ3v) is 5.12. The first kappa shape index (κ1) is 20.6. The van der Waals surface area contributed by atoms with E-state index in [0.717, 1.165) is 23.3 Å². The van der Waals surface area contributed by atoms with Crippen molar-refractivity contribution in [1.29, 1.82) is 0 Å². The maximum atomic E-state index is 13.2. The lowest BCUT2D eigenvalue weighted by atomic mass is 10.1. The first-order valence-electron chi connectivity index (χ1n) is 8.70. The van der Waals surface area contributed by atoms with Gasteiger partial charge in [0.1, 0.15) is 18.2 Å². The molecule has 5 nitrogen and oxygen atoms in total. The Morgan fingerprint density at radius 1 is 1.07 bits per heavy atom. The van der Waals surface area contributed by atoms with Crippen LogP contribution >= 0.6 is 11.3 Å². The summed E-state index contributed by atoms with van der Waals surface area (Å²) in [7, 11) is 0. The molecule has 0 unspecified atom stereocenters. The first-order valence-corrected chi connectivity index (χ1v) is 9.58. The Hall–Kier alpha value is -3.13. The molecule has 1 amide bonds. The number of benzene rings is 2. The molecule has 0 spiro atoms. The maximum absolute atomic E-state index is 13.2. The second-order valence-electron chi connectivity index (χ2n) is 6.48. The highest BCUT2D eigenvalue weighted by atomic mass is 32.1. The molecule has 0 atom stereocenters. The van der Waals surface area contributed by atoms with Crippen molar-refractivity contribution < 1.29 is 23.1 Å². The van der Waals surface area contributed by atoms with Crippen LogP contribution in [-0.4, -0.2) is 16.9 Å². The van der Waals surface area contributed by atoms with Crippen LogP contribution in [0.4, 0.5) is 19.6 Å². The average Bonchev–Trinajstić information content (AvgIpc) is 3.10. The van der Waals surface area contributed by atoms with Gasteiger partial charge < -0.3 is 4.74 Å². The molecular formula is C21H18F2N2O3S. The number of esters is 1. The summed E-state index contributed by atoms with van der Waals surface area (Å²) >= 11 is 1.23. The van der Waals surface area contributed by atoms with Crippen LogP contribution in [-0.2, 0) is 16.1 Å². The molecule has 29 heavy (non-hydrogen) atoms. The number of thiazole rings is 1. The smallest absolute Gasteiger partial charge is 0.338 e. The normalized spacial score (nSPS) is 10.7. The van der Waals surface area contributed by atoms with Gasteiger partial charge in [-0.05, 0) is 49.2 Å². The molecule has 3 aromatic rings. The molecular weight excluding hydrogens is 398 g/mol. The maximum Gasteiger partial charge on any atom is 0.338 e. The van der Waals surface area contributed by atoms with E-state index in [1.807, 2.05) is 32.0 Å². The van der Waals surface area contributed by atoms with Crippen LogP contribution in [0.1, 0.15) is 34.1 Å².